The van der Waals surface area contributed by atoms with Gasteiger partial charge in [0.05, 0.1) is 0 Å². The first-order valence-electron chi connectivity index (χ1n) is 8.05. The number of benzene rings is 1. The van der Waals surface area contributed by atoms with E-state index in [-0.39, 0.29) is 13.0 Å². The van der Waals surface area contributed by atoms with Gasteiger partial charge in [0.2, 0.25) is 0 Å². The molecular weight excluding hydrogens is 417 g/mol. The summed E-state index contributed by atoms with van der Waals surface area (Å²) in [5, 5.41) is 2.66. The van der Waals surface area contributed by atoms with Gasteiger partial charge in [-0.25, -0.2) is 0 Å². The van der Waals surface area contributed by atoms with Crippen molar-refractivity contribution < 1.29 is 19.7 Å². The quantitative estimate of drug-likeness (QED) is 0.337. The number of nitrogens with one attached hydrogen (secondary N) is 1. The minimum atomic E-state index is -1.64. The van der Waals surface area contributed by atoms with Crippen LogP contribution in [0.3, 0.4) is 0 Å². The van der Waals surface area contributed by atoms with Crippen LogP contribution in [0, 0.1) is 14.4 Å². The van der Waals surface area contributed by atoms with Crippen molar-refractivity contribution in [3.8, 4) is 0 Å². The second-order valence-corrected chi connectivity index (χ2v) is 17.3. The van der Waals surface area contributed by atoms with E-state index in [1.54, 1.807) is 0 Å². The Morgan fingerprint density at radius 3 is 1.92 bits per heavy atom. The van der Waals surface area contributed by atoms with Crippen molar-refractivity contribution in [1.82, 2.24) is 0 Å². The standard InChI is InChI=1S/C9H7.C5H13OSi.C4H10N.CH3.CH2.2ClH.Ti/c1-2-5-9-7-3-6-8(9)4-1;1-5-6-7(2,3)4;1-4(2,3)5;;;;;/h1-7H;1,5H2,2-4H3;5H,1-3H3;1H3;1H2;2*1H;/q4*-1;;;;+2/p-2. The molecule has 0 atom stereocenters. The number of fused-ring (bicyclic) bond motifs is 1. The van der Waals surface area contributed by atoms with Gasteiger partial charge >= 0.3 is 38.7 Å². The van der Waals surface area contributed by atoms with E-state index in [9.17, 15) is 0 Å². The van der Waals surface area contributed by atoms with Crippen LogP contribution in [0.1, 0.15) is 20.8 Å². The van der Waals surface area contributed by atoms with Crippen LogP contribution in [0.15, 0.2) is 42.5 Å². The molecule has 0 radical (unpaired) electrons. The van der Waals surface area contributed by atoms with E-state index < -0.39 is 23.6 Å². The van der Waals surface area contributed by atoms with E-state index >= 15 is 0 Å². The predicted octanol–water partition coefficient (Wildman–Crippen LogP) is 7.86. The topological polar surface area (TPSA) is 33.0 Å². The van der Waals surface area contributed by atoms with Crippen LogP contribution in [0.5, 0.6) is 0 Å². The zero-order chi connectivity index (χ0) is 20.1. The summed E-state index contributed by atoms with van der Waals surface area (Å²) in [4.78, 5) is 3.34. The summed E-state index contributed by atoms with van der Waals surface area (Å²) in [6.07, 6.45) is 0. The van der Waals surface area contributed by atoms with Gasteiger partial charge in [-0.3, -0.25) is 0 Å². The third kappa shape index (κ3) is 28.9. The molecule has 2 rings (SSSR count). The molecule has 2 aromatic carbocycles. The molecule has 1 N–H and O–H groups in total. The summed E-state index contributed by atoms with van der Waals surface area (Å²) >= 11 is -1.64. The Hall–Kier alpha value is 0.131. The predicted molar refractivity (Wildman–Crippen MR) is 124 cm³/mol. The van der Waals surface area contributed by atoms with Gasteiger partial charge in [0.25, 0.3) is 0 Å². The molecule has 0 aliphatic heterocycles. The largest absolute Gasteiger partial charge is 0.358 e. The number of rotatable bonds is 2. The van der Waals surface area contributed by atoms with E-state index in [1.165, 1.54) is 10.8 Å². The van der Waals surface area contributed by atoms with Crippen LogP contribution in [-0.4, -0.2) is 25.3 Å². The average Bonchev–Trinajstić information content (AvgIpc) is 2.83. The molecule has 2 aromatic rings. The zero-order valence-corrected chi connectivity index (χ0v) is 21.4. The summed E-state index contributed by atoms with van der Waals surface area (Å²) in [6.45, 7) is 16.2. The van der Waals surface area contributed by atoms with Gasteiger partial charge in [0.1, 0.15) is 0 Å². The second-order valence-electron chi connectivity index (χ2n) is 7.20. The van der Waals surface area contributed by atoms with Crippen molar-refractivity contribution >= 4 is 42.5 Å². The summed E-state index contributed by atoms with van der Waals surface area (Å²) < 4.78 is 5.26. The van der Waals surface area contributed by atoms with Crippen molar-refractivity contribution in [2.75, 3.05) is 6.61 Å². The molecule has 0 amide bonds. The van der Waals surface area contributed by atoms with Crippen LogP contribution in [0.25, 0.3) is 16.5 Å². The molecule has 0 fully saturated rings. The Bertz CT molecular complexity index is 549. The van der Waals surface area contributed by atoms with Crippen molar-refractivity contribution in [2.24, 2.45) is 0 Å². The molecule has 0 aliphatic carbocycles. The summed E-state index contributed by atoms with van der Waals surface area (Å²) in [7, 11) is 8.97. The Kier molecular flexibility index (Phi) is 19.1. The van der Waals surface area contributed by atoms with Gasteiger partial charge in [0.15, 0.2) is 8.32 Å². The zero-order valence-electron chi connectivity index (χ0n) is 17.3. The number of halogens is 2. The van der Waals surface area contributed by atoms with Crippen molar-refractivity contribution in [3.05, 3.63) is 62.5 Å². The molecule has 26 heavy (non-hydrogen) atoms. The van der Waals surface area contributed by atoms with Gasteiger partial charge < -0.3 is 24.5 Å². The third-order valence-corrected chi connectivity index (χ3v) is 3.15. The normalized spacial score (nSPS) is 10.1. The second kappa shape index (κ2) is 16.1. The molecule has 0 spiro atoms. The van der Waals surface area contributed by atoms with Crippen molar-refractivity contribution in [3.63, 3.8) is 0 Å². The van der Waals surface area contributed by atoms with E-state index in [2.05, 4.69) is 73.8 Å². The summed E-state index contributed by atoms with van der Waals surface area (Å²) in [6, 6.07) is 14.7. The van der Waals surface area contributed by atoms with Gasteiger partial charge in [-0.1, -0.05) is 33.4 Å². The molecule has 0 aliphatic rings. The van der Waals surface area contributed by atoms with Crippen molar-refractivity contribution in [1.29, 1.82) is 0 Å². The molecule has 0 heterocycles. The fraction of sp³-hybridized carbons (Fsp3) is 0.400. The van der Waals surface area contributed by atoms with Crippen LogP contribution in [0.4, 0.5) is 0 Å². The molecule has 6 heteroatoms. The Morgan fingerprint density at radius 2 is 1.62 bits per heavy atom. The molecule has 0 saturated heterocycles. The summed E-state index contributed by atoms with van der Waals surface area (Å²) in [5.41, 5.74) is 6.69. The molecule has 152 valence electrons. The fourth-order valence-electron chi connectivity index (χ4n) is 1.38. The first-order valence-corrected chi connectivity index (χ1v) is 16.9. The minimum Gasteiger partial charge on any atom is -0.358 e. The Labute approximate surface area is 176 Å². The van der Waals surface area contributed by atoms with E-state index in [4.69, 9.17) is 28.8 Å². The average molecular weight is 452 g/mol. The maximum Gasteiger partial charge on any atom is -0.0809 e. The van der Waals surface area contributed by atoms with Crippen molar-refractivity contribution in [2.45, 2.75) is 46.0 Å². The monoisotopic (exact) mass is 451 g/mol. The first-order chi connectivity index (χ1) is 11.3. The van der Waals surface area contributed by atoms with Gasteiger partial charge in [-0.2, -0.15) is 17.5 Å². The van der Waals surface area contributed by atoms with E-state index in [1.807, 2.05) is 20.8 Å². The van der Waals surface area contributed by atoms with E-state index in [0.717, 1.165) is 0 Å². The minimum absolute atomic E-state index is 0. The third-order valence-electron chi connectivity index (χ3n) is 2.08. The van der Waals surface area contributed by atoms with Gasteiger partial charge in [0, 0.05) is 0 Å². The van der Waals surface area contributed by atoms with Crippen LogP contribution in [0.2, 0.25) is 19.6 Å². The molecular formula is C20H35Cl2NOSiTi-4. The number of hydrogen-bond donors (Lipinski definition) is 0. The van der Waals surface area contributed by atoms with Crippen LogP contribution < -0.4 is 0 Å². The first kappa shape index (κ1) is 30.8. The smallest absolute Gasteiger partial charge is 0.0809 e. The van der Waals surface area contributed by atoms with E-state index in [0.29, 0.717) is 6.61 Å². The summed E-state index contributed by atoms with van der Waals surface area (Å²) in [5.74, 6) is 0. The maximum atomic E-state index is 6.94. The maximum absolute atomic E-state index is 6.94. The molecule has 0 saturated carbocycles. The number of hydrogen-bond acceptors (Lipinski definition) is 1. The van der Waals surface area contributed by atoms with Gasteiger partial charge in [-0.05, 0) is 19.6 Å². The van der Waals surface area contributed by atoms with Gasteiger partial charge in [-0.15, -0.1) is 35.2 Å². The Morgan fingerprint density at radius 1 is 1.19 bits per heavy atom. The SMILES string of the molecule is CC(C)(C)[NH-].[CH2-]CO[Si](C)(C)C.[CH2]=[Ti]([Cl])[Cl].[CH3-].c1ccc2[cH-]ccc2c1. The van der Waals surface area contributed by atoms with Crippen LogP contribution >= 0.6 is 18.6 Å². The molecule has 0 aromatic heterocycles. The van der Waals surface area contributed by atoms with Crippen LogP contribution in [-0.2, 0) is 19.7 Å². The fourth-order valence-corrected chi connectivity index (χ4v) is 1.99. The molecule has 0 bridgehead atoms. The molecule has 0 unspecified atom stereocenters. The molecule has 2 nitrogen and oxygen atoms in total. The Balaban J connectivity index is -0.000000283.